The average molecular weight is 379 g/mol. The number of amidine groups is 1. The van der Waals surface area contributed by atoms with Crippen LogP contribution in [0.5, 0.6) is 11.5 Å². The van der Waals surface area contributed by atoms with Crippen LogP contribution in [0.15, 0.2) is 51.9 Å². The van der Waals surface area contributed by atoms with Crippen molar-refractivity contribution in [2.75, 3.05) is 13.2 Å². The smallest absolute Gasteiger partial charge is 0.163 e. The molecule has 22 heavy (non-hydrogen) atoms. The zero-order valence-electron chi connectivity index (χ0n) is 11.8. The van der Waals surface area contributed by atoms with E-state index in [0.29, 0.717) is 18.4 Å². The van der Waals surface area contributed by atoms with E-state index in [4.69, 9.17) is 15.2 Å². The summed E-state index contributed by atoms with van der Waals surface area (Å²) < 4.78 is 12.1. The Hall–Kier alpha value is -1.66. The number of nitrogens with two attached hydrogens (primary N) is 1. The maximum absolute atomic E-state index is 5.99. The van der Waals surface area contributed by atoms with Gasteiger partial charge in [-0.25, -0.2) is 4.99 Å². The normalized spacial score (nSPS) is 14.0. The van der Waals surface area contributed by atoms with Gasteiger partial charge in [-0.2, -0.15) is 0 Å². The Morgan fingerprint density at radius 1 is 1.09 bits per heavy atom. The fraction of sp³-hybridized carbons (Fsp3) is 0.188. The van der Waals surface area contributed by atoms with Gasteiger partial charge in [0.2, 0.25) is 0 Å². The molecule has 1 aliphatic rings. The van der Waals surface area contributed by atoms with Crippen LogP contribution >= 0.6 is 27.7 Å². The van der Waals surface area contributed by atoms with Crippen LogP contribution in [0, 0.1) is 0 Å². The van der Waals surface area contributed by atoms with Crippen molar-refractivity contribution in [2.45, 2.75) is 5.75 Å². The van der Waals surface area contributed by atoms with E-state index in [1.165, 1.54) is 17.3 Å². The fourth-order valence-corrected chi connectivity index (χ4v) is 2.94. The molecule has 2 N–H and O–H groups in total. The third kappa shape index (κ3) is 3.96. The van der Waals surface area contributed by atoms with Gasteiger partial charge in [0.05, 0.1) is 5.69 Å². The molecular weight excluding hydrogens is 364 g/mol. The van der Waals surface area contributed by atoms with Crippen LogP contribution in [-0.4, -0.2) is 18.4 Å². The van der Waals surface area contributed by atoms with Gasteiger partial charge in [-0.1, -0.05) is 39.8 Å². The molecule has 6 heteroatoms. The van der Waals surface area contributed by atoms with E-state index in [1.807, 2.05) is 30.3 Å². The third-order valence-electron chi connectivity index (χ3n) is 3.07. The highest BCUT2D eigenvalue weighted by Crippen LogP contribution is 2.33. The lowest BCUT2D eigenvalue weighted by atomic mass is 10.2. The highest BCUT2D eigenvalue weighted by molar-refractivity contribution is 9.10. The van der Waals surface area contributed by atoms with Crippen molar-refractivity contribution in [1.29, 1.82) is 0 Å². The van der Waals surface area contributed by atoms with Crippen molar-refractivity contribution in [3.05, 3.63) is 52.5 Å². The van der Waals surface area contributed by atoms with E-state index < -0.39 is 0 Å². The number of fused-ring (bicyclic) bond motifs is 1. The maximum atomic E-state index is 5.99. The molecule has 1 heterocycles. The van der Waals surface area contributed by atoms with E-state index in [0.717, 1.165) is 27.4 Å². The molecule has 2 aromatic carbocycles. The zero-order valence-corrected chi connectivity index (χ0v) is 14.2. The summed E-state index contributed by atoms with van der Waals surface area (Å²) in [6.45, 7) is 1.15. The van der Waals surface area contributed by atoms with Gasteiger partial charge in [-0.05, 0) is 29.8 Å². The molecule has 0 unspecified atom stereocenters. The summed E-state index contributed by atoms with van der Waals surface area (Å²) in [7, 11) is 0. The molecule has 0 spiro atoms. The average Bonchev–Trinajstić information content (AvgIpc) is 2.54. The lowest BCUT2D eigenvalue weighted by molar-refractivity contribution is 0.171. The minimum atomic E-state index is 0.527. The number of rotatable bonds is 3. The Morgan fingerprint density at radius 3 is 2.59 bits per heavy atom. The number of benzene rings is 2. The summed E-state index contributed by atoms with van der Waals surface area (Å²) in [6.07, 6.45) is 0. The van der Waals surface area contributed by atoms with Gasteiger partial charge in [-0.15, -0.1) is 0 Å². The van der Waals surface area contributed by atoms with Gasteiger partial charge in [-0.3, -0.25) is 0 Å². The number of halogens is 1. The SMILES string of the molecule is NC(=Nc1ccc2c(c1)OCCO2)SCc1ccc(Br)cc1. The number of ether oxygens (including phenoxy) is 2. The Morgan fingerprint density at radius 2 is 1.82 bits per heavy atom. The van der Waals surface area contributed by atoms with Gasteiger partial charge in [0.1, 0.15) is 13.2 Å². The van der Waals surface area contributed by atoms with Crippen molar-refractivity contribution in [3.63, 3.8) is 0 Å². The van der Waals surface area contributed by atoms with Gasteiger partial charge in [0.25, 0.3) is 0 Å². The molecule has 0 saturated heterocycles. The Bertz CT molecular complexity index is 689. The van der Waals surface area contributed by atoms with Crippen LogP contribution in [0.25, 0.3) is 0 Å². The van der Waals surface area contributed by atoms with Crippen molar-refractivity contribution < 1.29 is 9.47 Å². The first-order valence-electron chi connectivity index (χ1n) is 6.82. The molecule has 0 fully saturated rings. The maximum Gasteiger partial charge on any atom is 0.163 e. The van der Waals surface area contributed by atoms with Crippen LogP contribution in [-0.2, 0) is 5.75 Å². The number of aliphatic imine (C=N–C) groups is 1. The Labute approximate surface area is 141 Å². The van der Waals surface area contributed by atoms with E-state index in [1.54, 1.807) is 0 Å². The van der Waals surface area contributed by atoms with E-state index in [-0.39, 0.29) is 0 Å². The summed E-state index contributed by atoms with van der Waals surface area (Å²) in [5.74, 6) is 2.26. The topological polar surface area (TPSA) is 56.8 Å². The van der Waals surface area contributed by atoms with Crippen molar-refractivity contribution in [1.82, 2.24) is 0 Å². The molecule has 0 aromatic heterocycles. The lowest BCUT2D eigenvalue weighted by Crippen LogP contribution is -2.15. The highest BCUT2D eigenvalue weighted by atomic mass is 79.9. The summed E-state index contributed by atoms with van der Waals surface area (Å²) in [6, 6.07) is 13.7. The largest absolute Gasteiger partial charge is 0.486 e. The van der Waals surface area contributed by atoms with Crippen molar-refractivity contribution >= 4 is 38.5 Å². The molecule has 114 valence electrons. The molecule has 0 radical (unpaired) electrons. The molecule has 0 bridgehead atoms. The highest BCUT2D eigenvalue weighted by Gasteiger charge is 2.11. The van der Waals surface area contributed by atoms with Crippen LogP contribution in [0.2, 0.25) is 0 Å². The second-order valence-electron chi connectivity index (χ2n) is 4.69. The first-order valence-corrected chi connectivity index (χ1v) is 8.59. The molecule has 2 aromatic rings. The van der Waals surface area contributed by atoms with Gasteiger partial charge < -0.3 is 15.2 Å². The predicted molar refractivity (Wildman–Crippen MR) is 94.2 cm³/mol. The predicted octanol–water partition coefficient (Wildman–Crippen LogP) is 4.10. The minimum absolute atomic E-state index is 0.527. The first kappa shape index (κ1) is 15.2. The monoisotopic (exact) mass is 378 g/mol. The standard InChI is InChI=1S/C16H15BrN2O2S/c17-12-3-1-11(2-4-12)10-22-16(18)19-13-5-6-14-15(9-13)21-8-7-20-14/h1-6,9H,7-8,10H2,(H2,18,19). The molecule has 1 aliphatic heterocycles. The van der Waals surface area contributed by atoms with E-state index in [9.17, 15) is 0 Å². The molecule has 0 atom stereocenters. The minimum Gasteiger partial charge on any atom is -0.486 e. The van der Waals surface area contributed by atoms with E-state index >= 15 is 0 Å². The summed E-state index contributed by atoms with van der Waals surface area (Å²) in [5, 5.41) is 0.527. The first-order chi connectivity index (χ1) is 10.7. The number of nitrogens with zero attached hydrogens (tertiary/aromatic N) is 1. The molecular formula is C16H15BrN2O2S. The van der Waals surface area contributed by atoms with Gasteiger partial charge >= 0.3 is 0 Å². The third-order valence-corrected chi connectivity index (χ3v) is 4.46. The number of hydrogen-bond acceptors (Lipinski definition) is 4. The quantitative estimate of drug-likeness (QED) is 0.645. The Balaban J connectivity index is 1.65. The zero-order chi connectivity index (χ0) is 15.4. The van der Waals surface area contributed by atoms with Crippen LogP contribution in [0.4, 0.5) is 5.69 Å². The molecule has 0 amide bonds. The lowest BCUT2D eigenvalue weighted by Gasteiger charge is -2.18. The van der Waals surface area contributed by atoms with Crippen molar-refractivity contribution in [3.8, 4) is 11.5 Å². The van der Waals surface area contributed by atoms with Crippen LogP contribution < -0.4 is 15.2 Å². The molecule has 0 saturated carbocycles. The van der Waals surface area contributed by atoms with Crippen LogP contribution in [0.1, 0.15) is 5.56 Å². The van der Waals surface area contributed by atoms with Gasteiger partial charge in [0.15, 0.2) is 16.7 Å². The fourth-order valence-electron chi connectivity index (χ4n) is 2.00. The van der Waals surface area contributed by atoms with Crippen molar-refractivity contribution in [2.24, 2.45) is 10.7 Å². The second-order valence-corrected chi connectivity index (χ2v) is 6.60. The Kier molecular flexibility index (Phi) is 4.90. The number of thioether (sulfide) groups is 1. The van der Waals surface area contributed by atoms with Crippen LogP contribution in [0.3, 0.4) is 0 Å². The molecule has 3 rings (SSSR count). The number of hydrogen-bond donors (Lipinski definition) is 1. The summed E-state index contributed by atoms with van der Waals surface area (Å²) in [4.78, 5) is 4.41. The summed E-state index contributed by atoms with van der Waals surface area (Å²) >= 11 is 4.93. The molecule has 0 aliphatic carbocycles. The van der Waals surface area contributed by atoms with Gasteiger partial charge in [0, 0.05) is 16.3 Å². The second kappa shape index (κ2) is 7.07. The molecule has 4 nitrogen and oxygen atoms in total. The van der Waals surface area contributed by atoms with E-state index in [2.05, 4.69) is 33.1 Å². The summed E-state index contributed by atoms with van der Waals surface area (Å²) in [5.41, 5.74) is 7.96.